The number of nitrogen functional groups attached to an aromatic ring is 1. The van der Waals surface area contributed by atoms with Gasteiger partial charge in [-0.1, -0.05) is 13.3 Å². The van der Waals surface area contributed by atoms with Crippen molar-refractivity contribution >= 4 is 21.4 Å². The van der Waals surface area contributed by atoms with Gasteiger partial charge < -0.3 is 10.8 Å². The quantitative estimate of drug-likeness (QED) is 0.541. The summed E-state index contributed by atoms with van der Waals surface area (Å²) in [7, 11) is -3.34. The summed E-state index contributed by atoms with van der Waals surface area (Å²) in [5.41, 5.74) is 6.08. The van der Waals surface area contributed by atoms with Gasteiger partial charge in [-0.05, 0) is 18.6 Å². The van der Waals surface area contributed by atoms with Crippen LogP contribution in [0.3, 0.4) is 0 Å². The Hall–Kier alpha value is -1.43. The molecule has 0 aliphatic rings. The molecule has 0 atom stereocenters. The molecule has 0 aliphatic heterocycles. The zero-order chi connectivity index (χ0) is 12.2. The molecule has 0 aliphatic carbocycles. The molecule has 6 heteroatoms. The zero-order valence-corrected chi connectivity index (χ0v) is 9.92. The third-order valence-electron chi connectivity index (χ3n) is 2.07. The molecule has 0 saturated heterocycles. The van der Waals surface area contributed by atoms with Crippen molar-refractivity contribution in [3.63, 3.8) is 0 Å². The summed E-state index contributed by atoms with van der Waals surface area (Å²) in [6, 6.07) is 4.12. The second-order valence-electron chi connectivity index (χ2n) is 3.55. The highest BCUT2D eigenvalue weighted by Crippen LogP contribution is 2.24. The lowest BCUT2D eigenvalue weighted by Gasteiger charge is -2.09. The summed E-state index contributed by atoms with van der Waals surface area (Å²) in [5, 5.41) is 9.12. The van der Waals surface area contributed by atoms with Gasteiger partial charge in [0.2, 0.25) is 10.0 Å². The van der Waals surface area contributed by atoms with E-state index in [2.05, 4.69) is 4.72 Å². The van der Waals surface area contributed by atoms with Crippen molar-refractivity contribution in [3.05, 3.63) is 18.2 Å². The van der Waals surface area contributed by atoms with E-state index >= 15 is 0 Å². The molecule has 4 N–H and O–H groups in total. The van der Waals surface area contributed by atoms with E-state index in [-0.39, 0.29) is 17.2 Å². The molecule has 0 radical (unpaired) electrons. The minimum atomic E-state index is -3.34. The average Bonchev–Trinajstić information content (AvgIpc) is 2.19. The minimum Gasteiger partial charge on any atom is -0.508 e. The summed E-state index contributed by atoms with van der Waals surface area (Å²) in [4.78, 5) is 0. The van der Waals surface area contributed by atoms with Crippen LogP contribution in [-0.2, 0) is 10.0 Å². The molecule has 0 spiro atoms. The van der Waals surface area contributed by atoms with Gasteiger partial charge in [0.15, 0.2) is 0 Å². The Morgan fingerprint density at radius 3 is 2.69 bits per heavy atom. The Morgan fingerprint density at radius 2 is 2.12 bits per heavy atom. The lowest BCUT2D eigenvalue weighted by molar-refractivity contribution is 0.475. The van der Waals surface area contributed by atoms with Crippen molar-refractivity contribution in [2.45, 2.75) is 19.8 Å². The number of sulfonamides is 1. The fourth-order valence-corrected chi connectivity index (χ4v) is 2.49. The topological polar surface area (TPSA) is 92.4 Å². The smallest absolute Gasteiger partial charge is 0.232 e. The Labute approximate surface area is 95.3 Å². The van der Waals surface area contributed by atoms with Gasteiger partial charge >= 0.3 is 0 Å². The van der Waals surface area contributed by atoms with Crippen molar-refractivity contribution in [2.24, 2.45) is 0 Å². The van der Waals surface area contributed by atoms with Gasteiger partial charge in [0.05, 0.1) is 17.1 Å². The van der Waals surface area contributed by atoms with Crippen molar-refractivity contribution < 1.29 is 13.5 Å². The van der Waals surface area contributed by atoms with E-state index in [0.717, 1.165) is 6.42 Å². The number of aromatic hydroxyl groups is 1. The Morgan fingerprint density at radius 1 is 1.44 bits per heavy atom. The lowest BCUT2D eigenvalue weighted by Crippen LogP contribution is -2.17. The number of unbranched alkanes of at least 4 members (excludes halogenated alkanes) is 1. The first-order valence-corrected chi connectivity index (χ1v) is 6.69. The van der Waals surface area contributed by atoms with Crippen molar-refractivity contribution in [3.8, 4) is 5.75 Å². The largest absolute Gasteiger partial charge is 0.508 e. The first-order valence-electron chi connectivity index (χ1n) is 5.03. The third-order valence-corrected chi connectivity index (χ3v) is 3.42. The molecule has 0 fully saturated rings. The fourth-order valence-electron chi connectivity index (χ4n) is 1.20. The van der Waals surface area contributed by atoms with E-state index in [1.54, 1.807) is 0 Å². The van der Waals surface area contributed by atoms with Crippen LogP contribution in [0.15, 0.2) is 18.2 Å². The van der Waals surface area contributed by atoms with Gasteiger partial charge in [0, 0.05) is 6.07 Å². The number of phenolic OH excluding ortho intramolecular Hbond substituents is 1. The van der Waals surface area contributed by atoms with Crippen LogP contribution in [0.4, 0.5) is 11.4 Å². The molecule has 0 aromatic heterocycles. The number of anilines is 2. The summed E-state index contributed by atoms with van der Waals surface area (Å²) >= 11 is 0. The average molecular weight is 244 g/mol. The Bertz CT molecular complexity index is 457. The Balaban J connectivity index is 2.80. The van der Waals surface area contributed by atoms with Crippen LogP contribution in [0.5, 0.6) is 5.75 Å². The first kappa shape index (κ1) is 12.6. The highest BCUT2D eigenvalue weighted by atomic mass is 32.2. The molecule has 0 unspecified atom stereocenters. The van der Waals surface area contributed by atoms with Crippen LogP contribution in [0.2, 0.25) is 0 Å². The molecule has 1 rings (SSSR count). The number of nitrogens with one attached hydrogen (secondary N) is 1. The molecule has 1 aromatic rings. The fraction of sp³-hybridized carbons (Fsp3) is 0.400. The van der Waals surface area contributed by atoms with Gasteiger partial charge in [-0.3, -0.25) is 4.72 Å². The molecular formula is C10H16N2O3S. The number of nitrogens with two attached hydrogens (primary N) is 1. The van der Waals surface area contributed by atoms with Crippen LogP contribution >= 0.6 is 0 Å². The summed E-state index contributed by atoms with van der Waals surface area (Å²) in [6.45, 7) is 1.92. The molecule has 0 amide bonds. The van der Waals surface area contributed by atoms with Crippen molar-refractivity contribution in [1.29, 1.82) is 0 Å². The van der Waals surface area contributed by atoms with Crippen LogP contribution in [-0.4, -0.2) is 19.3 Å². The standard InChI is InChI=1S/C10H16N2O3S/c1-2-3-6-16(14,15)12-10-5-4-8(13)7-9(10)11/h4-5,7,12-13H,2-3,6,11H2,1H3. The van der Waals surface area contributed by atoms with Gasteiger partial charge in [-0.25, -0.2) is 8.42 Å². The number of hydrogen-bond donors (Lipinski definition) is 3. The van der Waals surface area contributed by atoms with E-state index in [4.69, 9.17) is 10.8 Å². The summed E-state index contributed by atoms with van der Waals surface area (Å²) < 4.78 is 25.5. The second-order valence-corrected chi connectivity index (χ2v) is 5.39. The van der Waals surface area contributed by atoms with E-state index in [0.29, 0.717) is 12.1 Å². The van der Waals surface area contributed by atoms with Gasteiger partial charge in [0.25, 0.3) is 0 Å². The van der Waals surface area contributed by atoms with E-state index in [9.17, 15) is 8.42 Å². The second kappa shape index (κ2) is 5.07. The molecule has 1 aromatic carbocycles. The minimum absolute atomic E-state index is 0.00834. The molecule has 0 heterocycles. The SMILES string of the molecule is CCCCS(=O)(=O)Nc1ccc(O)cc1N. The molecule has 0 bridgehead atoms. The molecule has 90 valence electrons. The van der Waals surface area contributed by atoms with Crippen molar-refractivity contribution in [2.75, 3.05) is 16.2 Å². The number of hydrogen-bond acceptors (Lipinski definition) is 4. The maximum absolute atomic E-state index is 11.6. The van der Waals surface area contributed by atoms with E-state index in [1.165, 1.54) is 18.2 Å². The first-order chi connectivity index (χ1) is 7.44. The highest BCUT2D eigenvalue weighted by Gasteiger charge is 2.11. The van der Waals surface area contributed by atoms with E-state index in [1.807, 2.05) is 6.92 Å². The molecule has 5 nitrogen and oxygen atoms in total. The molecular weight excluding hydrogens is 228 g/mol. The van der Waals surface area contributed by atoms with Crippen LogP contribution in [0.25, 0.3) is 0 Å². The Kier molecular flexibility index (Phi) is 4.00. The van der Waals surface area contributed by atoms with Crippen LogP contribution < -0.4 is 10.5 Å². The number of phenols is 1. The third kappa shape index (κ3) is 3.62. The van der Waals surface area contributed by atoms with Crippen LogP contribution in [0.1, 0.15) is 19.8 Å². The number of benzene rings is 1. The lowest BCUT2D eigenvalue weighted by atomic mass is 10.2. The number of rotatable bonds is 5. The predicted octanol–water partition coefficient (Wildman–Crippen LogP) is 1.52. The predicted molar refractivity (Wildman–Crippen MR) is 64.8 cm³/mol. The normalized spacial score (nSPS) is 11.3. The zero-order valence-electron chi connectivity index (χ0n) is 9.10. The van der Waals surface area contributed by atoms with Gasteiger partial charge in [0.1, 0.15) is 5.75 Å². The summed E-state index contributed by atoms with van der Waals surface area (Å²) in [5.74, 6) is 0.0816. The van der Waals surface area contributed by atoms with E-state index < -0.39 is 10.0 Å². The van der Waals surface area contributed by atoms with Gasteiger partial charge in [-0.2, -0.15) is 0 Å². The van der Waals surface area contributed by atoms with Crippen molar-refractivity contribution in [1.82, 2.24) is 0 Å². The monoisotopic (exact) mass is 244 g/mol. The van der Waals surface area contributed by atoms with Gasteiger partial charge in [-0.15, -0.1) is 0 Å². The van der Waals surface area contributed by atoms with Crippen LogP contribution in [0, 0.1) is 0 Å². The highest BCUT2D eigenvalue weighted by molar-refractivity contribution is 7.92. The molecule has 16 heavy (non-hydrogen) atoms. The molecule has 0 saturated carbocycles. The maximum Gasteiger partial charge on any atom is 0.232 e. The summed E-state index contributed by atoms with van der Waals surface area (Å²) in [6.07, 6.45) is 1.42. The maximum atomic E-state index is 11.6.